The molecule has 1 heterocycles. The minimum atomic E-state index is -0.319. The number of nitrogens with one attached hydrogen (secondary N) is 1. The predicted molar refractivity (Wildman–Crippen MR) is 82.2 cm³/mol. The molecule has 5 heteroatoms. The van der Waals surface area contributed by atoms with Crippen molar-refractivity contribution in [1.82, 2.24) is 15.5 Å². The third-order valence-corrected chi connectivity index (χ3v) is 4.68. The van der Waals surface area contributed by atoms with Crippen LogP contribution in [-0.4, -0.2) is 29.8 Å². The minimum absolute atomic E-state index is 0.219. The summed E-state index contributed by atoms with van der Waals surface area (Å²) in [6.07, 6.45) is 4.33. The lowest BCUT2D eigenvalue weighted by molar-refractivity contribution is -0.0469. The summed E-state index contributed by atoms with van der Waals surface area (Å²) in [4.78, 5) is 4.73. The highest BCUT2D eigenvalue weighted by atomic mass is 16.5. The van der Waals surface area contributed by atoms with Crippen LogP contribution in [0.3, 0.4) is 0 Å². The lowest BCUT2D eigenvalue weighted by Gasteiger charge is -2.25. The summed E-state index contributed by atoms with van der Waals surface area (Å²) in [5.74, 6) is 2.13. The molecular weight excluding hydrogens is 266 g/mol. The van der Waals surface area contributed by atoms with E-state index in [4.69, 9.17) is 14.2 Å². The highest BCUT2D eigenvalue weighted by Crippen LogP contribution is 2.41. The summed E-state index contributed by atoms with van der Waals surface area (Å²) < 4.78 is 11.6. The first-order valence-electron chi connectivity index (χ1n) is 8.19. The molecule has 1 fully saturated rings. The molecule has 2 atom stereocenters. The second kappa shape index (κ2) is 6.88. The number of likely N-dealkylation sites (N-methyl/N-ethyl adjacent to an activating group) is 1. The van der Waals surface area contributed by atoms with E-state index in [1.165, 1.54) is 12.8 Å². The van der Waals surface area contributed by atoms with Gasteiger partial charge < -0.3 is 14.6 Å². The monoisotopic (exact) mass is 295 g/mol. The van der Waals surface area contributed by atoms with Gasteiger partial charge in [-0.1, -0.05) is 19.0 Å². The zero-order valence-electron chi connectivity index (χ0n) is 14.0. The van der Waals surface area contributed by atoms with E-state index in [-0.39, 0.29) is 11.5 Å². The number of hydrogen-bond donors (Lipinski definition) is 1. The van der Waals surface area contributed by atoms with Crippen LogP contribution in [0.2, 0.25) is 0 Å². The number of ether oxygens (including phenoxy) is 1. The Labute approximate surface area is 127 Å². The van der Waals surface area contributed by atoms with E-state index < -0.39 is 0 Å². The molecule has 2 unspecified atom stereocenters. The molecule has 21 heavy (non-hydrogen) atoms. The molecule has 0 spiro atoms. The number of hydrogen-bond acceptors (Lipinski definition) is 5. The van der Waals surface area contributed by atoms with Crippen molar-refractivity contribution in [3.05, 3.63) is 11.7 Å². The number of nitrogens with zero attached hydrogens (tertiary/aromatic N) is 2. The van der Waals surface area contributed by atoms with Gasteiger partial charge in [-0.15, -0.1) is 0 Å². The van der Waals surface area contributed by atoms with Crippen LogP contribution >= 0.6 is 0 Å². The summed E-state index contributed by atoms with van der Waals surface area (Å²) in [6.45, 7) is 9.25. The maximum Gasteiger partial charge on any atom is 0.231 e. The molecule has 0 saturated heterocycles. The molecular formula is C16H29N3O2. The molecule has 5 nitrogen and oxygen atoms in total. The zero-order valence-corrected chi connectivity index (χ0v) is 14.0. The average molecular weight is 295 g/mol. The van der Waals surface area contributed by atoms with Crippen molar-refractivity contribution in [2.24, 2.45) is 5.92 Å². The van der Waals surface area contributed by atoms with E-state index in [1.807, 2.05) is 14.0 Å². The summed E-state index contributed by atoms with van der Waals surface area (Å²) >= 11 is 0. The van der Waals surface area contributed by atoms with Gasteiger partial charge in [0.05, 0.1) is 5.92 Å². The first-order valence-corrected chi connectivity index (χ1v) is 8.19. The second-order valence-electron chi connectivity index (χ2n) is 6.44. The fourth-order valence-corrected chi connectivity index (χ4v) is 3.47. The van der Waals surface area contributed by atoms with Crippen LogP contribution in [0.4, 0.5) is 0 Å². The highest BCUT2D eigenvalue weighted by molar-refractivity contribution is 5.08. The Bertz CT molecular complexity index is 438. The third kappa shape index (κ3) is 3.29. The van der Waals surface area contributed by atoms with Crippen LogP contribution in [0.1, 0.15) is 71.0 Å². The van der Waals surface area contributed by atoms with E-state index >= 15 is 0 Å². The van der Waals surface area contributed by atoms with Crippen molar-refractivity contribution in [3.8, 4) is 0 Å². The maximum absolute atomic E-state index is 6.02. The largest absolute Gasteiger partial charge is 0.367 e. The van der Waals surface area contributed by atoms with Gasteiger partial charge in [0, 0.05) is 12.6 Å². The van der Waals surface area contributed by atoms with Crippen LogP contribution in [0.5, 0.6) is 0 Å². The normalized spacial score (nSPS) is 20.9. The van der Waals surface area contributed by atoms with Crippen LogP contribution in [0.15, 0.2) is 4.52 Å². The molecule has 1 aromatic heterocycles. The Hall–Kier alpha value is -0.940. The van der Waals surface area contributed by atoms with Gasteiger partial charge in [-0.3, -0.25) is 0 Å². The van der Waals surface area contributed by atoms with Crippen molar-refractivity contribution in [1.29, 1.82) is 0 Å². The first-order chi connectivity index (χ1) is 10.0. The van der Waals surface area contributed by atoms with Gasteiger partial charge >= 0.3 is 0 Å². The van der Waals surface area contributed by atoms with Gasteiger partial charge in [0.1, 0.15) is 5.60 Å². The summed E-state index contributed by atoms with van der Waals surface area (Å²) in [6, 6.07) is 0.296. The van der Waals surface area contributed by atoms with Gasteiger partial charge in [-0.2, -0.15) is 4.98 Å². The lowest BCUT2D eigenvalue weighted by atomic mass is 9.89. The maximum atomic E-state index is 6.02. The molecule has 1 aliphatic rings. The Balaban J connectivity index is 2.27. The van der Waals surface area contributed by atoms with Crippen LogP contribution in [-0.2, 0) is 10.3 Å². The third-order valence-electron chi connectivity index (χ3n) is 4.68. The van der Waals surface area contributed by atoms with Crippen molar-refractivity contribution in [3.63, 3.8) is 0 Å². The molecule has 2 rings (SSSR count). The Morgan fingerprint density at radius 1 is 1.29 bits per heavy atom. The topological polar surface area (TPSA) is 60.2 Å². The molecule has 120 valence electrons. The van der Waals surface area contributed by atoms with E-state index in [9.17, 15) is 0 Å². The highest BCUT2D eigenvalue weighted by Gasteiger charge is 2.41. The first kappa shape index (κ1) is 16.4. The van der Waals surface area contributed by atoms with Crippen molar-refractivity contribution < 1.29 is 9.26 Å². The Morgan fingerprint density at radius 2 is 1.95 bits per heavy atom. The Morgan fingerprint density at radius 3 is 2.48 bits per heavy atom. The van der Waals surface area contributed by atoms with E-state index in [0.717, 1.165) is 24.6 Å². The van der Waals surface area contributed by atoms with Crippen LogP contribution < -0.4 is 5.32 Å². The minimum Gasteiger partial charge on any atom is -0.367 e. The number of aromatic nitrogens is 2. The van der Waals surface area contributed by atoms with Crippen molar-refractivity contribution >= 4 is 0 Å². The van der Waals surface area contributed by atoms with E-state index in [0.29, 0.717) is 18.6 Å². The standard InChI is InChI=1S/C16H29N3O2/c1-6-20-16(9-7-8-10-16)15-18-14(21-19-15)13(11(2)3)12(4)17-5/h11-13,17H,6-10H2,1-5H3. The quantitative estimate of drug-likeness (QED) is 0.837. The van der Waals surface area contributed by atoms with Crippen LogP contribution in [0.25, 0.3) is 0 Å². The smallest absolute Gasteiger partial charge is 0.231 e. The molecule has 0 aromatic carbocycles. The van der Waals surface area contributed by atoms with Crippen molar-refractivity contribution in [2.45, 2.75) is 70.9 Å². The molecule has 0 aliphatic heterocycles. The summed E-state index contributed by atoms with van der Waals surface area (Å²) in [5.41, 5.74) is -0.319. The lowest BCUT2D eigenvalue weighted by Crippen LogP contribution is -2.32. The fourth-order valence-electron chi connectivity index (χ4n) is 3.47. The molecule has 1 aromatic rings. The van der Waals surface area contributed by atoms with E-state index in [2.05, 4.69) is 31.2 Å². The second-order valence-corrected chi connectivity index (χ2v) is 6.44. The molecule has 0 amide bonds. The van der Waals surface area contributed by atoms with Crippen molar-refractivity contribution in [2.75, 3.05) is 13.7 Å². The van der Waals surface area contributed by atoms with Gasteiger partial charge in [-0.25, -0.2) is 0 Å². The molecule has 0 bridgehead atoms. The molecule has 1 aliphatic carbocycles. The zero-order chi connectivity index (χ0) is 15.5. The fraction of sp³-hybridized carbons (Fsp3) is 0.875. The molecule has 1 saturated carbocycles. The predicted octanol–water partition coefficient (Wildman–Crippen LogP) is 3.22. The summed E-state index contributed by atoms with van der Waals surface area (Å²) in [5, 5.41) is 7.57. The van der Waals surface area contributed by atoms with Gasteiger partial charge in [0.2, 0.25) is 11.7 Å². The summed E-state index contributed by atoms with van der Waals surface area (Å²) in [7, 11) is 1.97. The van der Waals surface area contributed by atoms with Gasteiger partial charge in [0.25, 0.3) is 0 Å². The molecule has 0 radical (unpaired) electrons. The van der Waals surface area contributed by atoms with Crippen LogP contribution in [0, 0.1) is 5.92 Å². The van der Waals surface area contributed by atoms with Gasteiger partial charge in [0.15, 0.2) is 0 Å². The molecule has 1 N–H and O–H groups in total. The van der Waals surface area contributed by atoms with Gasteiger partial charge in [-0.05, 0) is 52.5 Å². The SMILES string of the molecule is CCOC1(c2noc(C(C(C)C)C(C)NC)n2)CCCC1. The van der Waals surface area contributed by atoms with E-state index in [1.54, 1.807) is 0 Å². The Kier molecular flexibility index (Phi) is 5.38. The average Bonchev–Trinajstić information content (AvgIpc) is 3.09. The number of rotatable bonds is 7.